The van der Waals surface area contributed by atoms with Gasteiger partial charge in [0.1, 0.15) is 0 Å². The minimum atomic E-state index is -1.03. The van der Waals surface area contributed by atoms with Crippen molar-refractivity contribution in [2.24, 2.45) is 0 Å². The topological polar surface area (TPSA) is 63.1 Å². The number of aromatic nitrogens is 2. The molecule has 0 aromatic carbocycles. The molecule has 0 atom stereocenters. The first-order chi connectivity index (χ1) is 6.27. The molecule has 0 aliphatic heterocycles. The van der Waals surface area contributed by atoms with E-state index in [1.54, 1.807) is 18.3 Å². The number of hydrogen-bond donors (Lipinski definition) is 1. The first kappa shape index (κ1) is 10.0. The molecule has 72 valence electrons. The maximum absolute atomic E-state index is 10.6. The molecule has 4 nitrogen and oxygen atoms in total. The number of pyridine rings is 2. The van der Waals surface area contributed by atoms with E-state index in [1.165, 1.54) is 6.07 Å². The highest BCUT2D eigenvalue weighted by atomic mass is 19.0. The fourth-order valence-corrected chi connectivity index (χ4v) is 1.07. The maximum atomic E-state index is 10.6. The first-order valence-corrected chi connectivity index (χ1v) is 3.72. The molecule has 5 heteroatoms. The second-order valence-electron chi connectivity index (χ2n) is 2.55. The lowest BCUT2D eigenvalue weighted by Gasteiger charge is -1.96. The van der Waals surface area contributed by atoms with Gasteiger partial charge in [-0.25, -0.2) is 14.8 Å². The van der Waals surface area contributed by atoms with Crippen LogP contribution in [0.5, 0.6) is 0 Å². The number of nitrogens with zero attached hydrogens (tertiary/aromatic N) is 2. The van der Waals surface area contributed by atoms with Crippen molar-refractivity contribution in [2.45, 2.75) is 0 Å². The smallest absolute Gasteiger partial charge is 0.354 e. The van der Waals surface area contributed by atoms with Crippen molar-refractivity contribution in [2.75, 3.05) is 0 Å². The summed E-state index contributed by atoms with van der Waals surface area (Å²) in [7, 11) is 0. The van der Waals surface area contributed by atoms with Crippen LogP contribution in [0.15, 0.2) is 30.5 Å². The van der Waals surface area contributed by atoms with Gasteiger partial charge in [-0.05, 0) is 24.3 Å². The van der Waals surface area contributed by atoms with Gasteiger partial charge < -0.3 is 5.11 Å². The molecule has 0 amide bonds. The monoisotopic (exact) mass is 194 g/mol. The fourth-order valence-electron chi connectivity index (χ4n) is 1.07. The van der Waals surface area contributed by atoms with Crippen LogP contribution >= 0.6 is 0 Å². The summed E-state index contributed by atoms with van der Waals surface area (Å²) in [4.78, 5) is 18.4. The van der Waals surface area contributed by atoms with Gasteiger partial charge in [0.15, 0.2) is 11.3 Å². The summed E-state index contributed by atoms with van der Waals surface area (Å²) < 4.78 is 0. The van der Waals surface area contributed by atoms with Gasteiger partial charge in [0.05, 0.1) is 0 Å². The number of carboxylic acids is 1. The number of fused-ring (bicyclic) bond motifs is 1. The van der Waals surface area contributed by atoms with E-state index < -0.39 is 5.97 Å². The Balaban J connectivity index is 0.000000980. The largest absolute Gasteiger partial charge is 0.477 e. The second kappa shape index (κ2) is 3.78. The van der Waals surface area contributed by atoms with E-state index >= 15 is 0 Å². The number of carboxylic acid groups (broad SMARTS) is 1. The van der Waals surface area contributed by atoms with E-state index in [9.17, 15) is 4.79 Å². The maximum Gasteiger partial charge on any atom is 0.354 e. The quantitative estimate of drug-likeness (QED) is 0.746. The molecular formula is C9H7FN2O2. The van der Waals surface area contributed by atoms with Crippen LogP contribution in [0.1, 0.15) is 10.5 Å². The molecule has 2 heterocycles. The zero-order valence-corrected chi connectivity index (χ0v) is 7.04. The Bertz CT molecular complexity index is 473. The SMILES string of the molecule is F.O=C(O)c1ccc2cccnc2n1. The van der Waals surface area contributed by atoms with Gasteiger partial charge in [0, 0.05) is 11.6 Å². The average molecular weight is 194 g/mol. The highest BCUT2D eigenvalue weighted by Crippen LogP contribution is 2.08. The minimum absolute atomic E-state index is 0. The van der Waals surface area contributed by atoms with Crippen molar-refractivity contribution < 1.29 is 14.6 Å². The summed E-state index contributed by atoms with van der Waals surface area (Å²) in [5, 5.41) is 9.49. The minimum Gasteiger partial charge on any atom is -0.477 e. The van der Waals surface area contributed by atoms with Crippen LogP contribution in [0.25, 0.3) is 11.0 Å². The Hall–Kier alpha value is -2.04. The molecule has 0 saturated carbocycles. The molecule has 2 rings (SSSR count). The van der Waals surface area contributed by atoms with E-state index in [0.717, 1.165) is 5.39 Å². The molecule has 0 spiro atoms. The summed E-state index contributed by atoms with van der Waals surface area (Å²) in [6.45, 7) is 0. The predicted octanol–water partition coefficient (Wildman–Crippen LogP) is 1.48. The van der Waals surface area contributed by atoms with Crippen molar-refractivity contribution in [3.8, 4) is 0 Å². The number of halogens is 1. The molecule has 0 aliphatic carbocycles. The first-order valence-electron chi connectivity index (χ1n) is 3.72. The molecule has 1 N–H and O–H groups in total. The molecule has 0 radical (unpaired) electrons. The van der Waals surface area contributed by atoms with Crippen molar-refractivity contribution >= 4 is 17.0 Å². The third kappa shape index (κ3) is 1.66. The van der Waals surface area contributed by atoms with Gasteiger partial charge in [-0.15, -0.1) is 0 Å². The van der Waals surface area contributed by atoms with Crippen LogP contribution in [0.2, 0.25) is 0 Å². The second-order valence-corrected chi connectivity index (χ2v) is 2.55. The molecule has 0 aliphatic rings. The fraction of sp³-hybridized carbons (Fsp3) is 0. The lowest BCUT2D eigenvalue weighted by atomic mass is 10.2. The third-order valence-corrected chi connectivity index (χ3v) is 1.68. The Labute approximate surface area is 78.6 Å². The highest BCUT2D eigenvalue weighted by molar-refractivity contribution is 5.88. The summed E-state index contributed by atoms with van der Waals surface area (Å²) in [6, 6.07) is 6.77. The summed E-state index contributed by atoms with van der Waals surface area (Å²) in [5.41, 5.74) is 0.480. The summed E-state index contributed by atoms with van der Waals surface area (Å²) in [5.74, 6) is -1.03. The number of hydrogen-bond acceptors (Lipinski definition) is 3. The molecule has 0 bridgehead atoms. The van der Waals surface area contributed by atoms with Gasteiger partial charge in [0.25, 0.3) is 0 Å². The molecule has 14 heavy (non-hydrogen) atoms. The molecule has 2 aromatic rings. The molecule has 0 fully saturated rings. The third-order valence-electron chi connectivity index (χ3n) is 1.68. The highest BCUT2D eigenvalue weighted by Gasteiger charge is 2.04. The average Bonchev–Trinajstić information content (AvgIpc) is 2.17. The van der Waals surface area contributed by atoms with Gasteiger partial charge in [-0.3, -0.25) is 4.70 Å². The number of carbonyl (C=O) groups is 1. The van der Waals surface area contributed by atoms with Crippen LogP contribution in [0, 0.1) is 0 Å². The Morgan fingerprint density at radius 3 is 2.79 bits per heavy atom. The molecular weight excluding hydrogens is 187 g/mol. The Kier molecular flexibility index (Phi) is 2.71. The van der Waals surface area contributed by atoms with Crippen molar-refractivity contribution in [1.82, 2.24) is 9.97 Å². The Morgan fingerprint density at radius 2 is 2.07 bits per heavy atom. The number of rotatable bonds is 1. The number of aromatic carboxylic acids is 1. The lowest BCUT2D eigenvalue weighted by molar-refractivity contribution is 0.0691. The molecule has 2 aromatic heterocycles. The molecule has 0 unspecified atom stereocenters. The van der Waals surface area contributed by atoms with Gasteiger partial charge in [-0.2, -0.15) is 0 Å². The van der Waals surface area contributed by atoms with E-state index in [-0.39, 0.29) is 10.4 Å². The van der Waals surface area contributed by atoms with Crippen molar-refractivity contribution in [3.63, 3.8) is 0 Å². The lowest BCUT2D eigenvalue weighted by Crippen LogP contribution is -2.00. The van der Waals surface area contributed by atoms with E-state index in [4.69, 9.17) is 5.11 Å². The van der Waals surface area contributed by atoms with Crippen LogP contribution in [0.4, 0.5) is 4.70 Å². The predicted molar refractivity (Wildman–Crippen MR) is 49.0 cm³/mol. The van der Waals surface area contributed by atoms with Crippen LogP contribution in [-0.2, 0) is 0 Å². The van der Waals surface area contributed by atoms with Gasteiger partial charge >= 0.3 is 5.97 Å². The van der Waals surface area contributed by atoms with Crippen LogP contribution in [-0.4, -0.2) is 21.0 Å². The molecule has 0 saturated heterocycles. The van der Waals surface area contributed by atoms with Crippen LogP contribution < -0.4 is 0 Å². The van der Waals surface area contributed by atoms with Gasteiger partial charge in [0.2, 0.25) is 0 Å². The van der Waals surface area contributed by atoms with E-state index in [0.29, 0.717) is 5.65 Å². The Morgan fingerprint density at radius 1 is 1.29 bits per heavy atom. The van der Waals surface area contributed by atoms with Gasteiger partial charge in [-0.1, -0.05) is 0 Å². The van der Waals surface area contributed by atoms with Crippen LogP contribution in [0.3, 0.4) is 0 Å². The van der Waals surface area contributed by atoms with Crippen molar-refractivity contribution in [3.05, 3.63) is 36.2 Å². The summed E-state index contributed by atoms with van der Waals surface area (Å²) >= 11 is 0. The van der Waals surface area contributed by atoms with E-state index in [1.807, 2.05) is 6.07 Å². The van der Waals surface area contributed by atoms with E-state index in [2.05, 4.69) is 9.97 Å². The van der Waals surface area contributed by atoms with Crippen molar-refractivity contribution in [1.29, 1.82) is 0 Å². The zero-order chi connectivity index (χ0) is 9.26. The standard InChI is InChI=1S/C9H6N2O2.FH/c12-9(13)7-4-3-6-2-1-5-10-8(6)11-7;/h1-5H,(H,12,13);1H. The zero-order valence-electron chi connectivity index (χ0n) is 7.04. The summed E-state index contributed by atoms with van der Waals surface area (Å²) in [6.07, 6.45) is 1.58. The normalized spacial score (nSPS) is 9.43.